The van der Waals surface area contributed by atoms with Gasteiger partial charge in [-0.05, 0) is 48.5 Å². The standard InChI is InChI=1S/C15H10ClNO3S/c16-13-5-3-12(4-6-13)15(18)10-21(19,20)14-7-1-11(9-17)2-8-14/h1-8H,10H2. The molecule has 0 N–H and O–H groups in total. The number of ketones is 1. The fourth-order valence-electron chi connectivity index (χ4n) is 1.71. The Labute approximate surface area is 127 Å². The van der Waals surface area contributed by atoms with E-state index in [-0.39, 0.29) is 10.5 Å². The molecule has 0 unspecified atom stereocenters. The molecule has 0 bridgehead atoms. The molecule has 6 heteroatoms. The van der Waals surface area contributed by atoms with E-state index in [9.17, 15) is 13.2 Å². The monoisotopic (exact) mass is 319 g/mol. The van der Waals surface area contributed by atoms with Gasteiger partial charge in [-0.25, -0.2) is 8.42 Å². The SMILES string of the molecule is N#Cc1ccc(S(=O)(=O)CC(=O)c2ccc(Cl)cc2)cc1. The fraction of sp³-hybridized carbons (Fsp3) is 0.0667. The van der Waals surface area contributed by atoms with Crippen LogP contribution in [0.15, 0.2) is 53.4 Å². The maximum absolute atomic E-state index is 12.2. The van der Waals surface area contributed by atoms with Gasteiger partial charge in [-0.2, -0.15) is 5.26 Å². The Morgan fingerprint density at radius 2 is 1.62 bits per heavy atom. The van der Waals surface area contributed by atoms with Gasteiger partial charge >= 0.3 is 0 Å². The molecule has 4 nitrogen and oxygen atoms in total. The van der Waals surface area contributed by atoms with Crippen molar-refractivity contribution in [3.8, 4) is 6.07 Å². The molecule has 0 amide bonds. The molecule has 0 saturated heterocycles. The van der Waals surface area contributed by atoms with E-state index >= 15 is 0 Å². The second-order valence-corrected chi connectivity index (χ2v) is 6.75. The lowest BCUT2D eigenvalue weighted by Crippen LogP contribution is -2.16. The summed E-state index contributed by atoms with van der Waals surface area (Å²) in [7, 11) is -3.73. The van der Waals surface area contributed by atoms with Crippen LogP contribution in [0.2, 0.25) is 5.02 Å². The van der Waals surface area contributed by atoms with Crippen molar-refractivity contribution in [2.45, 2.75) is 4.90 Å². The molecular weight excluding hydrogens is 310 g/mol. The Balaban J connectivity index is 2.22. The summed E-state index contributed by atoms with van der Waals surface area (Å²) in [6.07, 6.45) is 0. The van der Waals surface area contributed by atoms with E-state index < -0.39 is 21.4 Å². The van der Waals surface area contributed by atoms with E-state index in [0.717, 1.165) is 0 Å². The molecular formula is C15H10ClNO3S. The first-order valence-corrected chi connectivity index (χ1v) is 7.97. The number of rotatable bonds is 4. The van der Waals surface area contributed by atoms with Gasteiger partial charge in [0.25, 0.3) is 0 Å². The van der Waals surface area contributed by atoms with Crippen molar-refractivity contribution in [3.05, 3.63) is 64.7 Å². The quantitative estimate of drug-likeness (QED) is 0.812. The number of carbonyl (C=O) groups is 1. The summed E-state index contributed by atoms with van der Waals surface area (Å²) < 4.78 is 24.3. The number of carbonyl (C=O) groups excluding carboxylic acids is 1. The lowest BCUT2D eigenvalue weighted by Gasteiger charge is -2.04. The van der Waals surface area contributed by atoms with Crippen LogP contribution in [0.4, 0.5) is 0 Å². The van der Waals surface area contributed by atoms with Crippen molar-refractivity contribution < 1.29 is 13.2 Å². The number of benzene rings is 2. The highest BCUT2D eigenvalue weighted by Crippen LogP contribution is 2.15. The van der Waals surface area contributed by atoms with Gasteiger partial charge in [-0.1, -0.05) is 11.6 Å². The van der Waals surface area contributed by atoms with E-state index in [1.165, 1.54) is 48.5 Å². The van der Waals surface area contributed by atoms with Crippen molar-refractivity contribution in [1.29, 1.82) is 5.26 Å². The van der Waals surface area contributed by atoms with Crippen molar-refractivity contribution in [2.75, 3.05) is 5.75 Å². The van der Waals surface area contributed by atoms with Gasteiger partial charge in [-0.3, -0.25) is 4.79 Å². The van der Waals surface area contributed by atoms with Gasteiger partial charge in [0.2, 0.25) is 0 Å². The lowest BCUT2D eigenvalue weighted by atomic mass is 10.1. The van der Waals surface area contributed by atoms with Gasteiger partial charge in [-0.15, -0.1) is 0 Å². The van der Waals surface area contributed by atoms with Crippen molar-refractivity contribution >= 4 is 27.2 Å². The summed E-state index contributed by atoms with van der Waals surface area (Å²) >= 11 is 5.72. The molecule has 0 heterocycles. The van der Waals surface area contributed by atoms with Crippen LogP contribution in [0, 0.1) is 11.3 Å². The molecule has 0 aliphatic rings. The number of hydrogen-bond acceptors (Lipinski definition) is 4. The minimum atomic E-state index is -3.73. The van der Waals surface area contributed by atoms with E-state index in [4.69, 9.17) is 16.9 Å². The first-order chi connectivity index (χ1) is 9.92. The Kier molecular flexibility index (Phi) is 4.41. The first-order valence-electron chi connectivity index (χ1n) is 5.94. The van der Waals surface area contributed by atoms with Gasteiger partial charge in [0.05, 0.1) is 16.5 Å². The highest BCUT2D eigenvalue weighted by Gasteiger charge is 2.20. The molecule has 106 valence electrons. The van der Waals surface area contributed by atoms with Crippen LogP contribution >= 0.6 is 11.6 Å². The van der Waals surface area contributed by atoms with Crippen LogP contribution in [-0.2, 0) is 9.84 Å². The summed E-state index contributed by atoms with van der Waals surface area (Å²) in [5.74, 6) is -1.13. The summed E-state index contributed by atoms with van der Waals surface area (Å²) in [6, 6.07) is 13.4. The predicted octanol–water partition coefficient (Wildman–Crippen LogP) is 2.87. The highest BCUT2D eigenvalue weighted by molar-refractivity contribution is 7.92. The molecule has 0 aromatic heterocycles. The molecule has 0 radical (unpaired) electrons. The zero-order valence-corrected chi connectivity index (χ0v) is 12.4. The number of halogens is 1. The molecule has 0 spiro atoms. The average Bonchev–Trinajstić information content (AvgIpc) is 2.47. The number of sulfone groups is 1. The van der Waals surface area contributed by atoms with Crippen LogP contribution in [0.1, 0.15) is 15.9 Å². The molecule has 2 aromatic carbocycles. The Morgan fingerprint density at radius 3 is 2.14 bits per heavy atom. The van der Waals surface area contributed by atoms with E-state index in [0.29, 0.717) is 10.6 Å². The molecule has 21 heavy (non-hydrogen) atoms. The third-order valence-electron chi connectivity index (χ3n) is 2.83. The molecule has 2 rings (SSSR count). The number of hydrogen-bond donors (Lipinski definition) is 0. The third-order valence-corrected chi connectivity index (χ3v) is 4.71. The van der Waals surface area contributed by atoms with Crippen molar-refractivity contribution in [2.24, 2.45) is 0 Å². The first kappa shape index (κ1) is 15.2. The topological polar surface area (TPSA) is 75.0 Å². The summed E-state index contributed by atoms with van der Waals surface area (Å²) in [6.45, 7) is 0. The zero-order valence-electron chi connectivity index (χ0n) is 10.8. The third kappa shape index (κ3) is 3.69. The maximum atomic E-state index is 12.2. The molecule has 0 fully saturated rings. The largest absolute Gasteiger partial charge is 0.293 e. The van der Waals surface area contributed by atoms with E-state index in [1.807, 2.05) is 6.07 Å². The van der Waals surface area contributed by atoms with Crippen LogP contribution in [0.5, 0.6) is 0 Å². The van der Waals surface area contributed by atoms with Gasteiger partial charge in [0.15, 0.2) is 15.6 Å². The predicted molar refractivity (Wildman–Crippen MR) is 79.0 cm³/mol. The Hall–Kier alpha value is -2.16. The maximum Gasteiger partial charge on any atom is 0.185 e. The lowest BCUT2D eigenvalue weighted by molar-refractivity contribution is 0.102. The molecule has 0 saturated carbocycles. The number of nitrogens with zero attached hydrogens (tertiary/aromatic N) is 1. The minimum Gasteiger partial charge on any atom is -0.293 e. The van der Waals surface area contributed by atoms with Gasteiger partial charge in [0, 0.05) is 10.6 Å². The minimum absolute atomic E-state index is 0.0174. The van der Waals surface area contributed by atoms with Crippen LogP contribution in [-0.4, -0.2) is 20.0 Å². The zero-order chi connectivity index (χ0) is 15.5. The molecule has 0 atom stereocenters. The van der Waals surface area contributed by atoms with Gasteiger partial charge in [0.1, 0.15) is 5.75 Å². The second kappa shape index (κ2) is 6.08. The van der Waals surface area contributed by atoms with Crippen LogP contribution in [0.25, 0.3) is 0 Å². The molecule has 0 aliphatic carbocycles. The van der Waals surface area contributed by atoms with Crippen LogP contribution < -0.4 is 0 Å². The smallest absolute Gasteiger partial charge is 0.185 e. The van der Waals surface area contributed by atoms with Crippen molar-refractivity contribution in [1.82, 2.24) is 0 Å². The normalized spacial score (nSPS) is 10.9. The highest BCUT2D eigenvalue weighted by atomic mass is 35.5. The number of Topliss-reactive ketones (excluding diaryl/α,β-unsaturated/α-hetero) is 1. The molecule has 0 aliphatic heterocycles. The summed E-state index contributed by atoms with van der Waals surface area (Å²) in [4.78, 5) is 12.0. The second-order valence-electron chi connectivity index (χ2n) is 4.33. The Morgan fingerprint density at radius 1 is 1.05 bits per heavy atom. The Bertz CT molecular complexity index is 803. The average molecular weight is 320 g/mol. The van der Waals surface area contributed by atoms with Crippen molar-refractivity contribution in [3.63, 3.8) is 0 Å². The fourth-order valence-corrected chi connectivity index (χ4v) is 3.07. The summed E-state index contributed by atoms with van der Waals surface area (Å²) in [5.41, 5.74) is 0.648. The van der Waals surface area contributed by atoms with E-state index in [2.05, 4.69) is 0 Å². The van der Waals surface area contributed by atoms with Gasteiger partial charge < -0.3 is 0 Å². The number of nitriles is 1. The van der Waals surface area contributed by atoms with Crippen LogP contribution in [0.3, 0.4) is 0 Å². The van der Waals surface area contributed by atoms with E-state index in [1.54, 1.807) is 0 Å². The summed E-state index contributed by atoms with van der Waals surface area (Å²) in [5, 5.41) is 9.16. The molecule has 2 aromatic rings.